The number of nitrogens with one attached hydrogen (secondary N) is 2. The molecule has 1 atom stereocenters. The van der Waals surface area contributed by atoms with E-state index in [0.29, 0.717) is 12.2 Å². The molecule has 2 N–H and O–H groups in total. The van der Waals surface area contributed by atoms with Crippen molar-refractivity contribution in [3.63, 3.8) is 0 Å². The van der Waals surface area contributed by atoms with Crippen molar-refractivity contribution in [2.24, 2.45) is 0 Å². The Hall–Kier alpha value is -2.57. The van der Waals surface area contributed by atoms with Gasteiger partial charge in [0.2, 0.25) is 5.91 Å². The van der Waals surface area contributed by atoms with Crippen molar-refractivity contribution in [3.8, 4) is 5.75 Å². The van der Waals surface area contributed by atoms with Gasteiger partial charge in [0.05, 0.1) is 0 Å². The van der Waals surface area contributed by atoms with Gasteiger partial charge in [-0.05, 0) is 18.6 Å². The van der Waals surface area contributed by atoms with Gasteiger partial charge in [-0.1, -0.05) is 25.1 Å². The largest absolute Gasteiger partial charge is 0.479 e. The average Bonchev–Trinajstić information content (AvgIpc) is 2.49. The van der Waals surface area contributed by atoms with Crippen molar-refractivity contribution in [1.82, 2.24) is 10.9 Å². The van der Waals surface area contributed by atoms with Crippen molar-refractivity contribution in [1.29, 1.82) is 0 Å². The first kappa shape index (κ1) is 16.5. The summed E-state index contributed by atoms with van der Waals surface area (Å²) in [5.41, 5.74) is 4.18. The van der Waals surface area contributed by atoms with Crippen molar-refractivity contribution >= 4 is 17.8 Å². The topological polar surface area (TPSA) is 93.7 Å². The predicted octanol–water partition coefficient (Wildman–Crippen LogP) is 0.554. The third-order valence-corrected chi connectivity index (χ3v) is 2.38. The number of ether oxygens (including phenoxy) is 2. The van der Waals surface area contributed by atoms with E-state index in [0.717, 1.165) is 0 Å². The number of hydrazine groups is 1. The fourth-order valence-electron chi connectivity index (χ4n) is 1.38. The van der Waals surface area contributed by atoms with E-state index in [1.165, 1.54) is 6.92 Å². The lowest BCUT2D eigenvalue weighted by Crippen LogP contribution is -2.43. The van der Waals surface area contributed by atoms with E-state index in [4.69, 9.17) is 9.47 Å². The Morgan fingerprint density at radius 1 is 1.14 bits per heavy atom. The Kier molecular flexibility index (Phi) is 6.73. The van der Waals surface area contributed by atoms with Gasteiger partial charge in [-0.3, -0.25) is 20.4 Å². The van der Waals surface area contributed by atoms with Gasteiger partial charge in [0.15, 0.2) is 12.7 Å². The van der Waals surface area contributed by atoms with Gasteiger partial charge in [-0.15, -0.1) is 0 Å². The molecule has 0 aliphatic heterocycles. The van der Waals surface area contributed by atoms with Crippen LogP contribution >= 0.6 is 0 Å². The van der Waals surface area contributed by atoms with E-state index in [1.54, 1.807) is 31.2 Å². The first-order valence-electron chi connectivity index (χ1n) is 6.46. The molecule has 0 bridgehead atoms. The summed E-state index contributed by atoms with van der Waals surface area (Å²) in [5.74, 6) is -1.15. The highest BCUT2D eigenvalue weighted by Gasteiger charge is 2.21. The lowest BCUT2D eigenvalue weighted by Gasteiger charge is -2.16. The van der Waals surface area contributed by atoms with Crippen molar-refractivity contribution in [2.45, 2.75) is 26.4 Å². The summed E-state index contributed by atoms with van der Waals surface area (Å²) in [4.78, 5) is 33.7. The van der Waals surface area contributed by atoms with Gasteiger partial charge in [0.1, 0.15) is 5.75 Å². The van der Waals surface area contributed by atoms with Crippen LogP contribution in [0.2, 0.25) is 0 Å². The molecule has 114 valence electrons. The number of amides is 2. The molecule has 0 heterocycles. The molecule has 0 aromatic heterocycles. The minimum atomic E-state index is -0.791. The maximum absolute atomic E-state index is 11.8. The van der Waals surface area contributed by atoms with Crippen LogP contribution in [0.4, 0.5) is 0 Å². The molecule has 7 heteroatoms. The second-order valence-corrected chi connectivity index (χ2v) is 4.16. The van der Waals surface area contributed by atoms with Crippen LogP contribution in [0.5, 0.6) is 5.75 Å². The molecule has 7 nitrogen and oxygen atoms in total. The number of benzene rings is 1. The fourth-order valence-corrected chi connectivity index (χ4v) is 1.38. The lowest BCUT2D eigenvalue weighted by molar-refractivity contribution is -0.155. The number of esters is 1. The number of hydrogen-bond acceptors (Lipinski definition) is 5. The van der Waals surface area contributed by atoms with Gasteiger partial charge in [0, 0.05) is 6.92 Å². The van der Waals surface area contributed by atoms with Gasteiger partial charge >= 0.3 is 5.97 Å². The van der Waals surface area contributed by atoms with Crippen molar-refractivity contribution < 1.29 is 23.9 Å². The second kappa shape index (κ2) is 8.57. The summed E-state index contributed by atoms with van der Waals surface area (Å²) in [7, 11) is 0. The number of carbonyl (C=O) groups excluding carboxylic acids is 3. The predicted molar refractivity (Wildman–Crippen MR) is 74.1 cm³/mol. The van der Waals surface area contributed by atoms with Crippen LogP contribution in [-0.2, 0) is 19.1 Å². The number of hydrogen-bond donors (Lipinski definition) is 2. The number of para-hydroxylation sites is 1. The summed E-state index contributed by atoms with van der Waals surface area (Å²) < 4.78 is 10.3. The summed E-state index contributed by atoms with van der Waals surface area (Å²) in [5, 5.41) is 0. The molecule has 0 aliphatic rings. The van der Waals surface area contributed by atoms with E-state index in [2.05, 4.69) is 10.9 Å². The SMILES string of the molecule is CC[C@H](Oc1ccccc1)C(=O)OCC(=O)NNC(C)=O. The van der Waals surface area contributed by atoms with E-state index in [-0.39, 0.29) is 0 Å². The van der Waals surface area contributed by atoms with Gasteiger partial charge in [-0.2, -0.15) is 0 Å². The first-order valence-corrected chi connectivity index (χ1v) is 6.46. The highest BCUT2D eigenvalue weighted by Crippen LogP contribution is 2.13. The van der Waals surface area contributed by atoms with E-state index < -0.39 is 30.5 Å². The van der Waals surface area contributed by atoms with Crippen LogP contribution in [0.3, 0.4) is 0 Å². The molecule has 0 radical (unpaired) electrons. The second-order valence-electron chi connectivity index (χ2n) is 4.16. The molecule has 0 saturated heterocycles. The molecule has 1 aromatic carbocycles. The zero-order valence-electron chi connectivity index (χ0n) is 11.9. The van der Waals surface area contributed by atoms with Crippen molar-refractivity contribution in [2.75, 3.05) is 6.61 Å². The molecule has 0 saturated carbocycles. The van der Waals surface area contributed by atoms with E-state index >= 15 is 0 Å². The number of rotatable bonds is 6. The number of carbonyl (C=O) groups is 3. The zero-order chi connectivity index (χ0) is 15.7. The molecule has 1 rings (SSSR count). The normalized spacial score (nSPS) is 11.1. The Morgan fingerprint density at radius 2 is 1.81 bits per heavy atom. The van der Waals surface area contributed by atoms with Gasteiger partial charge in [-0.25, -0.2) is 4.79 Å². The Morgan fingerprint density at radius 3 is 2.38 bits per heavy atom. The average molecular weight is 294 g/mol. The van der Waals surface area contributed by atoms with Crippen LogP contribution in [0.15, 0.2) is 30.3 Å². The standard InChI is InChI=1S/C14H18N2O5/c1-3-12(21-11-7-5-4-6-8-11)14(19)20-9-13(18)16-15-10(2)17/h4-8,12H,3,9H2,1-2H3,(H,15,17)(H,16,18)/t12-/m0/s1. The third kappa shape index (κ3) is 6.42. The molecule has 21 heavy (non-hydrogen) atoms. The van der Waals surface area contributed by atoms with Gasteiger partial charge in [0.25, 0.3) is 5.91 Å². The van der Waals surface area contributed by atoms with E-state index in [9.17, 15) is 14.4 Å². The van der Waals surface area contributed by atoms with Crippen LogP contribution in [-0.4, -0.2) is 30.5 Å². The summed E-state index contributed by atoms with van der Waals surface area (Å²) >= 11 is 0. The molecule has 0 aliphatic carbocycles. The summed E-state index contributed by atoms with van der Waals surface area (Å²) in [6.07, 6.45) is -0.387. The summed E-state index contributed by atoms with van der Waals surface area (Å²) in [6.45, 7) is 2.52. The van der Waals surface area contributed by atoms with Gasteiger partial charge < -0.3 is 9.47 Å². The van der Waals surface area contributed by atoms with Crippen LogP contribution in [0.25, 0.3) is 0 Å². The lowest BCUT2D eigenvalue weighted by atomic mass is 10.2. The van der Waals surface area contributed by atoms with Crippen LogP contribution < -0.4 is 15.6 Å². The quantitative estimate of drug-likeness (QED) is 0.590. The first-order chi connectivity index (χ1) is 10.0. The van der Waals surface area contributed by atoms with Crippen LogP contribution in [0, 0.1) is 0 Å². The monoisotopic (exact) mass is 294 g/mol. The van der Waals surface area contributed by atoms with E-state index in [1.807, 2.05) is 6.07 Å². The fraction of sp³-hybridized carbons (Fsp3) is 0.357. The molecule has 0 fully saturated rings. The van der Waals surface area contributed by atoms with Crippen molar-refractivity contribution in [3.05, 3.63) is 30.3 Å². The Balaban J connectivity index is 2.41. The Labute approximate surface area is 122 Å². The smallest absolute Gasteiger partial charge is 0.347 e. The maximum atomic E-state index is 11.8. The molecule has 0 spiro atoms. The highest BCUT2D eigenvalue weighted by atomic mass is 16.6. The molecule has 2 amide bonds. The highest BCUT2D eigenvalue weighted by molar-refractivity contribution is 5.84. The molecular weight excluding hydrogens is 276 g/mol. The molecule has 0 unspecified atom stereocenters. The minimum absolute atomic E-state index is 0.404. The van der Waals surface area contributed by atoms with Crippen LogP contribution in [0.1, 0.15) is 20.3 Å². The Bertz CT molecular complexity index is 489. The summed E-state index contributed by atoms with van der Waals surface area (Å²) in [6, 6.07) is 8.85. The molecular formula is C14H18N2O5. The maximum Gasteiger partial charge on any atom is 0.347 e. The molecule has 1 aromatic rings. The zero-order valence-corrected chi connectivity index (χ0v) is 11.9. The third-order valence-electron chi connectivity index (χ3n) is 2.38. The minimum Gasteiger partial charge on any atom is -0.479 e.